The van der Waals surface area contributed by atoms with Crippen molar-refractivity contribution in [1.29, 1.82) is 0 Å². The minimum Gasteiger partial charge on any atom is -0.408 e. The van der Waals surface area contributed by atoms with Gasteiger partial charge in [-0.05, 0) is 34.9 Å². The van der Waals surface area contributed by atoms with Crippen LogP contribution in [0.5, 0.6) is 0 Å². The first-order chi connectivity index (χ1) is 9.13. The molecular formula is C13H13N3O2S. The fourth-order valence-electron chi connectivity index (χ4n) is 1.92. The van der Waals surface area contributed by atoms with Gasteiger partial charge in [0.25, 0.3) is 0 Å². The van der Waals surface area contributed by atoms with E-state index >= 15 is 0 Å². The van der Waals surface area contributed by atoms with Gasteiger partial charge in [0.2, 0.25) is 0 Å². The average molecular weight is 275 g/mol. The summed E-state index contributed by atoms with van der Waals surface area (Å²) < 4.78 is 4.96. The topological polar surface area (TPSA) is 84.0 Å². The summed E-state index contributed by atoms with van der Waals surface area (Å²) in [5.41, 5.74) is 10.9. The molecule has 0 unspecified atom stereocenters. The van der Waals surface area contributed by atoms with Crippen molar-refractivity contribution in [2.45, 2.75) is 13.5 Å². The monoisotopic (exact) mass is 275 g/mol. The Balaban J connectivity index is 1.90. The summed E-state index contributed by atoms with van der Waals surface area (Å²) in [5, 5.41) is 7.49. The molecule has 2 aromatic heterocycles. The van der Waals surface area contributed by atoms with Gasteiger partial charge in [-0.2, -0.15) is 11.3 Å². The second-order valence-electron chi connectivity index (χ2n) is 4.38. The maximum absolute atomic E-state index is 11.1. The van der Waals surface area contributed by atoms with Crippen LogP contribution in [0, 0.1) is 6.92 Å². The number of benzene rings is 1. The lowest BCUT2D eigenvalue weighted by Crippen LogP contribution is -2.02. The van der Waals surface area contributed by atoms with E-state index in [2.05, 4.69) is 28.0 Å². The normalized spacial score (nSPS) is 11.0. The van der Waals surface area contributed by atoms with Gasteiger partial charge in [0, 0.05) is 12.6 Å². The molecule has 0 aliphatic heterocycles. The lowest BCUT2D eigenvalue weighted by Gasteiger charge is -2.09. The van der Waals surface area contributed by atoms with E-state index < -0.39 is 5.76 Å². The Bertz CT molecular complexity index is 785. The van der Waals surface area contributed by atoms with Crippen molar-refractivity contribution < 1.29 is 4.42 Å². The number of rotatable bonds is 3. The van der Waals surface area contributed by atoms with E-state index in [9.17, 15) is 4.79 Å². The van der Waals surface area contributed by atoms with Crippen molar-refractivity contribution in [3.63, 3.8) is 0 Å². The van der Waals surface area contributed by atoms with Crippen LogP contribution in [0.2, 0.25) is 0 Å². The minimum atomic E-state index is -0.472. The van der Waals surface area contributed by atoms with Gasteiger partial charge in [0.1, 0.15) is 0 Å². The second kappa shape index (κ2) is 4.47. The highest BCUT2D eigenvalue weighted by atomic mass is 32.1. The molecule has 4 N–H and O–H groups in total. The summed E-state index contributed by atoms with van der Waals surface area (Å²) in [5.74, 6) is -0.472. The SMILES string of the molecule is Cc1cscc1CNc1cc2[nH]c(=O)oc2cc1N. The van der Waals surface area contributed by atoms with E-state index in [1.165, 1.54) is 11.1 Å². The molecule has 0 fully saturated rings. The lowest BCUT2D eigenvalue weighted by molar-refractivity contribution is 0.555. The number of aromatic amines is 1. The van der Waals surface area contributed by atoms with Gasteiger partial charge >= 0.3 is 5.76 Å². The Morgan fingerprint density at radius 1 is 1.42 bits per heavy atom. The number of fused-ring (bicyclic) bond motifs is 1. The molecule has 98 valence electrons. The molecule has 3 rings (SSSR count). The Morgan fingerprint density at radius 3 is 3.00 bits per heavy atom. The van der Waals surface area contributed by atoms with Gasteiger partial charge in [0.05, 0.1) is 16.9 Å². The first-order valence-electron chi connectivity index (χ1n) is 5.81. The van der Waals surface area contributed by atoms with Crippen LogP contribution < -0.4 is 16.8 Å². The second-order valence-corrected chi connectivity index (χ2v) is 5.13. The summed E-state index contributed by atoms with van der Waals surface area (Å²) in [7, 11) is 0. The van der Waals surface area contributed by atoms with Crippen LogP contribution in [0.4, 0.5) is 11.4 Å². The van der Waals surface area contributed by atoms with E-state index in [0.717, 1.165) is 5.69 Å². The molecule has 0 spiro atoms. The number of hydrogen-bond acceptors (Lipinski definition) is 5. The van der Waals surface area contributed by atoms with Crippen LogP contribution >= 0.6 is 11.3 Å². The molecule has 19 heavy (non-hydrogen) atoms. The number of nitrogens with one attached hydrogen (secondary N) is 2. The number of aromatic nitrogens is 1. The minimum absolute atomic E-state index is 0.472. The van der Waals surface area contributed by atoms with Crippen LogP contribution in [0.1, 0.15) is 11.1 Å². The number of nitrogen functional groups attached to an aromatic ring is 1. The van der Waals surface area contributed by atoms with Crippen LogP contribution in [0.25, 0.3) is 11.1 Å². The fourth-order valence-corrected chi connectivity index (χ4v) is 2.78. The molecule has 2 heterocycles. The Labute approximate surface area is 113 Å². The quantitative estimate of drug-likeness (QED) is 0.642. The maximum Gasteiger partial charge on any atom is 0.417 e. The molecule has 0 aliphatic rings. The molecule has 3 aromatic rings. The van der Waals surface area contributed by atoms with Gasteiger partial charge in [-0.1, -0.05) is 0 Å². The molecule has 6 heteroatoms. The van der Waals surface area contributed by atoms with Gasteiger partial charge in [0.15, 0.2) is 5.58 Å². The zero-order chi connectivity index (χ0) is 13.4. The highest BCUT2D eigenvalue weighted by Crippen LogP contribution is 2.25. The highest BCUT2D eigenvalue weighted by Gasteiger charge is 2.07. The zero-order valence-electron chi connectivity index (χ0n) is 10.3. The van der Waals surface area contributed by atoms with Crippen LogP contribution in [0.3, 0.4) is 0 Å². The predicted molar refractivity (Wildman–Crippen MR) is 77.6 cm³/mol. The van der Waals surface area contributed by atoms with Crippen molar-refractivity contribution in [1.82, 2.24) is 4.98 Å². The van der Waals surface area contributed by atoms with Crippen molar-refractivity contribution in [2.75, 3.05) is 11.1 Å². The van der Waals surface area contributed by atoms with E-state index in [1.54, 1.807) is 23.5 Å². The van der Waals surface area contributed by atoms with Crippen molar-refractivity contribution in [2.24, 2.45) is 0 Å². The first-order valence-corrected chi connectivity index (χ1v) is 6.75. The van der Waals surface area contributed by atoms with Crippen molar-refractivity contribution >= 4 is 33.8 Å². The number of aryl methyl sites for hydroxylation is 1. The summed E-state index contributed by atoms with van der Waals surface area (Å²) in [6.07, 6.45) is 0. The number of nitrogens with two attached hydrogens (primary N) is 1. The zero-order valence-corrected chi connectivity index (χ0v) is 11.1. The highest BCUT2D eigenvalue weighted by molar-refractivity contribution is 7.08. The van der Waals surface area contributed by atoms with Crippen molar-refractivity contribution in [3.05, 3.63) is 44.6 Å². The maximum atomic E-state index is 11.1. The standard InChI is InChI=1S/C13H13N3O2S/c1-7-5-19-6-8(7)4-15-10-3-11-12(2-9(10)14)18-13(17)16-11/h2-3,5-6,15H,4,14H2,1H3,(H,16,17). The van der Waals surface area contributed by atoms with Crippen LogP contribution in [0.15, 0.2) is 32.1 Å². The number of oxazole rings is 1. The molecule has 0 radical (unpaired) electrons. The largest absolute Gasteiger partial charge is 0.417 e. The number of thiophene rings is 1. The average Bonchev–Trinajstić information content (AvgIpc) is 2.91. The van der Waals surface area contributed by atoms with Crippen molar-refractivity contribution in [3.8, 4) is 0 Å². The van der Waals surface area contributed by atoms with E-state index in [1.807, 2.05) is 0 Å². The van der Waals surface area contributed by atoms with E-state index in [4.69, 9.17) is 10.2 Å². The van der Waals surface area contributed by atoms with Gasteiger partial charge in [-0.3, -0.25) is 4.98 Å². The van der Waals surface area contributed by atoms with Gasteiger partial charge in [-0.25, -0.2) is 4.79 Å². The summed E-state index contributed by atoms with van der Waals surface area (Å²) in [6, 6.07) is 3.44. The molecule has 0 saturated heterocycles. The lowest BCUT2D eigenvalue weighted by atomic mass is 10.2. The molecule has 0 saturated carbocycles. The summed E-state index contributed by atoms with van der Waals surface area (Å²) in [4.78, 5) is 13.7. The van der Waals surface area contributed by atoms with Crippen LogP contribution in [-0.2, 0) is 6.54 Å². The third-order valence-electron chi connectivity index (χ3n) is 3.02. The first kappa shape index (κ1) is 11.9. The summed E-state index contributed by atoms with van der Waals surface area (Å²) >= 11 is 1.68. The van der Waals surface area contributed by atoms with Gasteiger partial charge in [-0.15, -0.1) is 0 Å². The molecule has 0 amide bonds. The molecule has 0 bridgehead atoms. The summed E-state index contributed by atoms with van der Waals surface area (Å²) in [6.45, 7) is 2.78. The smallest absolute Gasteiger partial charge is 0.408 e. The molecule has 0 aliphatic carbocycles. The molecular weight excluding hydrogens is 262 g/mol. The number of hydrogen-bond donors (Lipinski definition) is 3. The third kappa shape index (κ3) is 2.22. The Hall–Kier alpha value is -2.21. The third-order valence-corrected chi connectivity index (χ3v) is 3.93. The fraction of sp³-hybridized carbons (Fsp3) is 0.154. The number of anilines is 2. The van der Waals surface area contributed by atoms with E-state index in [-0.39, 0.29) is 0 Å². The molecule has 5 nitrogen and oxygen atoms in total. The Kier molecular flexibility index (Phi) is 2.79. The molecule has 1 aromatic carbocycles. The number of H-pyrrole nitrogens is 1. The van der Waals surface area contributed by atoms with Gasteiger partial charge < -0.3 is 15.5 Å². The molecule has 0 atom stereocenters. The predicted octanol–water partition coefficient (Wildman–Crippen LogP) is 2.69. The Morgan fingerprint density at radius 2 is 2.26 bits per heavy atom. The van der Waals surface area contributed by atoms with E-state index in [0.29, 0.717) is 23.3 Å². The van der Waals surface area contributed by atoms with Crippen LogP contribution in [-0.4, -0.2) is 4.98 Å².